The summed E-state index contributed by atoms with van der Waals surface area (Å²) < 4.78 is 4.39. The first kappa shape index (κ1) is 12.7. The van der Waals surface area contributed by atoms with Crippen LogP contribution in [0.15, 0.2) is 0 Å². The van der Waals surface area contributed by atoms with Gasteiger partial charge in [0.15, 0.2) is 0 Å². The number of hydrogen-bond donors (Lipinski definition) is 0. The predicted molar refractivity (Wildman–Crippen MR) is 33.5 cm³/mol. The Morgan fingerprint density at radius 2 is 1.56 bits per heavy atom. The van der Waals surface area contributed by atoms with Crippen molar-refractivity contribution in [2.45, 2.75) is 26.4 Å². The van der Waals surface area contributed by atoms with Gasteiger partial charge in [0.2, 0.25) is 0 Å². The van der Waals surface area contributed by atoms with E-state index < -0.39 is 14.2 Å². The molecule has 0 saturated carbocycles. The second-order valence-corrected chi connectivity index (χ2v) is 3.06. The van der Waals surface area contributed by atoms with Crippen LogP contribution < -0.4 is 9.79 Å². The Kier molecular flexibility index (Phi) is 6.82. The van der Waals surface area contributed by atoms with Crippen molar-refractivity contribution in [3.63, 3.8) is 0 Å². The van der Waals surface area contributed by atoms with Crippen molar-refractivity contribution in [2.75, 3.05) is 0 Å². The summed E-state index contributed by atoms with van der Waals surface area (Å²) in [7, 11) is -2.69. The molecule has 5 heteroatoms. The first-order chi connectivity index (χ1) is 3.42. The van der Waals surface area contributed by atoms with Crippen LogP contribution in [0.1, 0.15) is 20.8 Å². The van der Waals surface area contributed by atoms with Crippen LogP contribution in [0.4, 0.5) is 0 Å². The molecular weight excluding hydrogens is 151 g/mol. The van der Waals surface area contributed by atoms with Gasteiger partial charge in [0, 0.05) is 0 Å². The van der Waals surface area contributed by atoms with Crippen LogP contribution in [-0.4, -0.2) is 28.7 Å². The summed E-state index contributed by atoms with van der Waals surface area (Å²) in [5.41, 5.74) is -0.574. The zero-order chi connectivity index (χ0) is 6.78. The van der Waals surface area contributed by atoms with Crippen molar-refractivity contribution in [3.05, 3.63) is 0 Å². The quantitative estimate of drug-likeness (QED) is 0.379. The van der Waals surface area contributed by atoms with Crippen LogP contribution in [0.2, 0.25) is 0 Å². The molecule has 0 heterocycles. The molecule has 0 radical (unpaired) electrons. The molecule has 0 unspecified atom stereocenters. The fraction of sp³-hybridized carbons (Fsp3) is 1.00. The summed E-state index contributed by atoms with van der Waals surface area (Å²) >= 11 is 0. The maximum atomic E-state index is 9.83. The standard InChI is InChI=1S/C4H9O3P.Mg/c1-4(2,3)7-8(5)6;/h1-3H3;/q-2;+2. The molecule has 0 rings (SSSR count). The zero-order valence-corrected chi connectivity index (χ0v) is 8.19. The van der Waals surface area contributed by atoms with E-state index in [9.17, 15) is 9.79 Å². The molecule has 0 aromatic heterocycles. The fourth-order valence-corrected chi connectivity index (χ4v) is 0.671. The Morgan fingerprint density at radius 3 is 1.56 bits per heavy atom. The molecule has 3 nitrogen and oxygen atoms in total. The van der Waals surface area contributed by atoms with Crippen molar-refractivity contribution < 1.29 is 14.3 Å². The Morgan fingerprint density at radius 1 is 1.22 bits per heavy atom. The molecule has 0 amide bonds. The number of rotatable bonds is 1. The zero-order valence-electron chi connectivity index (χ0n) is 5.88. The van der Waals surface area contributed by atoms with Crippen LogP contribution in [0.5, 0.6) is 0 Å². The molecule has 0 spiro atoms. The van der Waals surface area contributed by atoms with Gasteiger partial charge in [0.25, 0.3) is 0 Å². The molecule has 9 heavy (non-hydrogen) atoms. The van der Waals surface area contributed by atoms with E-state index in [1.807, 2.05) is 0 Å². The van der Waals surface area contributed by atoms with E-state index in [1.165, 1.54) is 0 Å². The van der Waals surface area contributed by atoms with E-state index in [0.717, 1.165) is 0 Å². The minimum Gasteiger partial charge on any atom is -0.820 e. The average Bonchev–Trinajstić information content (AvgIpc) is 1.21. The van der Waals surface area contributed by atoms with Gasteiger partial charge in [-0.25, -0.2) is 0 Å². The maximum Gasteiger partial charge on any atom is 2.00 e. The van der Waals surface area contributed by atoms with E-state index in [2.05, 4.69) is 4.52 Å². The molecule has 0 saturated heterocycles. The molecule has 0 bridgehead atoms. The SMILES string of the molecule is CC(C)(C)OP([O-])[O-].[Mg+2]. The fourth-order valence-electron chi connectivity index (χ4n) is 0.224. The van der Waals surface area contributed by atoms with Crippen LogP contribution >= 0.6 is 8.60 Å². The van der Waals surface area contributed by atoms with Gasteiger partial charge in [0.05, 0.1) is 5.60 Å². The second kappa shape index (κ2) is 4.83. The largest absolute Gasteiger partial charge is 2.00 e. The van der Waals surface area contributed by atoms with Gasteiger partial charge < -0.3 is 14.3 Å². The second-order valence-electron chi connectivity index (χ2n) is 2.43. The van der Waals surface area contributed by atoms with E-state index in [0.29, 0.717) is 0 Å². The molecule has 0 atom stereocenters. The third-order valence-corrected chi connectivity index (χ3v) is 1.05. The summed E-state index contributed by atoms with van der Waals surface area (Å²) in [4.78, 5) is 19.7. The minimum atomic E-state index is -2.69. The Bertz CT molecular complexity index is 70.7. The molecule has 50 valence electrons. The molecule has 0 aliphatic heterocycles. The Labute approximate surface area is 72.6 Å². The van der Waals surface area contributed by atoms with Gasteiger partial charge in [-0.1, -0.05) is 0 Å². The van der Waals surface area contributed by atoms with E-state index in [-0.39, 0.29) is 23.1 Å². The van der Waals surface area contributed by atoms with Gasteiger partial charge in [-0.05, 0) is 20.8 Å². The van der Waals surface area contributed by atoms with Crippen molar-refractivity contribution >= 4 is 31.7 Å². The molecule has 0 N–H and O–H groups in total. The first-order valence-electron chi connectivity index (χ1n) is 2.25. The van der Waals surface area contributed by atoms with Crippen LogP contribution in [-0.2, 0) is 4.52 Å². The van der Waals surface area contributed by atoms with Gasteiger partial charge in [-0.2, -0.15) is 8.60 Å². The molecule has 0 aliphatic carbocycles. The van der Waals surface area contributed by atoms with Crippen molar-refractivity contribution in [2.24, 2.45) is 0 Å². The van der Waals surface area contributed by atoms with Crippen molar-refractivity contribution in [1.29, 1.82) is 0 Å². The normalized spacial score (nSPS) is 11.3. The Hall–Kier alpha value is 1.08. The Balaban J connectivity index is 0. The summed E-state index contributed by atoms with van der Waals surface area (Å²) in [6.07, 6.45) is 0. The van der Waals surface area contributed by atoms with Gasteiger partial charge in [-0.3, -0.25) is 0 Å². The summed E-state index contributed by atoms with van der Waals surface area (Å²) in [5.74, 6) is 0. The molecule has 0 aromatic carbocycles. The van der Waals surface area contributed by atoms with Crippen LogP contribution in [0, 0.1) is 0 Å². The molecule has 0 aliphatic rings. The third kappa shape index (κ3) is 12.3. The van der Waals surface area contributed by atoms with Crippen LogP contribution in [0.3, 0.4) is 0 Å². The van der Waals surface area contributed by atoms with Crippen LogP contribution in [0.25, 0.3) is 0 Å². The maximum absolute atomic E-state index is 9.83. The van der Waals surface area contributed by atoms with Gasteiger partial charge in [0.1, 0.15) is 0 Å². The van der Waals surface area contributed by atoms with E-state index >= 15 is 0 Å². The van der Waals surface area contributed by atoms with E-state index in [4.69, 9.17) is 0 Å². The number of hydrogen-bond acceptors (Lipinski definition) is 3. The summed E-state index contributed by atoms with van der Waals surface area (Å²) in [6, 6.07) is 0. The summed E-state index contributed by atoms with van der Waals surface area (Å²) in [6.45, 7) is 5.04. The smallest absolute Gasteiger partial charge is 0.820 e. The van der Waals surface area contributed by atoms with Gasteiger partial charge >= 0.3 is 23.1 Å². The average molecular weight is 160 g/mol. The van der Waals surface area contributed by atoms with E-state index in [1.54, 1.807) is 20.8 Å². The third-order valence-electron chi connectivity index (χ3n) is 0.348. The first-order valence-corrected chi connectivity index (χ1v) is 3.35. The molecular formula is C4H9MgO3P. The summed E-state index contributed by atoms with van der Waals surface area (Å²) in [5, 5.41) is 0. The van der Waals surface area contributed by atoms with Gasteiger partial charge in [-0.15, -0.1) is 0 Å². The predicted octanol–water partition coefficient (Wildman–Crippen LogP) is -0.632. The minimum absolute atomic E-state index is 0. The topological polar surface area (TPSA) is 55.3 Å². The molecule has 0 aromatic rings. The monoisotopic (exact) mass is 160 g/mol. The molecule has 0 fully saturated rings. The van der Waals surface area contributed by atoms with Crippen molar-refractivity contribution in [3.8, 4) is 0 Å². The van der Waals surface area contributed by atoms with Crippen molar-refractivity contribution in [1.82, 2.24) is 0 Å².